The SMILES string of the molecule is Cc1cc(F)c(-c2ccc(OC3CN4CCC3CC4)nn2)cc1F. The first-order valence-corrected chi connectivity index (χ1v) is 8.29. The highest BCUT2D eigenvalue weighted by Crippen LogP contribution is 2.30. The second-order valence-corrected chi connectivity index (χ2v) is 6.63. The van der Waals surface area contributed by atoms with Gasteiger partial charge in [0.1, 0.15) is 17.7 Å². The highest BCUT2D eigenvalue weighted by atomic mass is 19.1. The molecule has 0 amide bonds. The summed E-state index contributed by atoms with van der Waals surface area (Å²) in [5.41, 5.74) is 0.680. The Balaban J connectivity index is 1.52. The molecule has 1 atom stereocenters. The average molecular weight is 331 g/mol. The third-order valence-corrected chi connectivity index (χ3v) is 5.03. The first kappa shape index (κ1) is 15.4. The molecule has 1 aromatic heterocycles. The summed E-state index contributed by atoms with van der Waals surface area (Å²) < 4.78 is 33.7. The summed E-state index contributed by atoms with van der Waals surface area (Å²) in [5, 5.41) is 8.06. The van der Waals surface area contributed by atoms with Crippen LogP contribution >= 0.6 is 0 Å². The number of aryl methyl sites for hydroxylation is 1. The molecule has 126 valence electrons. The van der Waals surface area contributed by atoms with E-state index in [1.165, 1.54) is 13.0 Å². The van der Waals surface area contributed by atoms with Crippen LogP contribution in [0.1, 0.15) is 18.4 Å². The number of benzene rings is 1. The first-order valence-electron chi connectivity index (χ1n) is 8.29. The number of halogens is 2. The normalized spacial score (nSPS) is 25.7. The topological polar surface area (TPSA) is 38.2 Å². The van der Waals surface area contributed by atoms with E-state index in [4.69, 9.17) is 4.74 Å². The lowest BCUT2D eigenvalue weighted by atomic mass is 9.86. The van der Waals surface area contributed by atoms with Crippen LogP contribution < -0.4 is 4.74 Å². The van der Waals surface area contributed by atoms with Gasteiger partial charge in [-0.1, -0.05) is 0 Å². The molecule has 3 aliphatic rings. The number of aromatic nitrogens is 2. The number of hydrogen-bond acceptors (Lipinski definition) is 4. The molecule has 1 unspecified atom stereocenters. The minimum atomic E-state index is -0.505. The van der Waals surface area contributed by atoms with E-state index in [9.17, 15) is 8.78 Å². The summed E-state index contributed by atoms with van der Waals surface area (Å²) in [6.07, 6.45) is 2.45. The fourth-order valence-corrected chi connectivity index (χ4v) is 3.57. The average Bonchev–Trinajstić information content (AvgIpc) is 2.60. The van der Waals surface area contributed by atoms with Crippen molar-refractivity contribution in [2.24, 2.45) is 5.92 Å². The van der Waals surface area contributed by atoms with Gasteiger partial charge in [0.15, 0.2) is 0 Å². The molecule has 0 radical (unpaired) electrons. The minimum Gasteiger partial charge on any atom is -0.472 e. The van der Waals surface area contributed by atoms with Crippen LogP contribution in [-0.2, 0) is 0 Å². The number of rotatable bonds is 3. The monoisotopic (exact) mass is 331 g/mol. The fraction of sp³-hybridized carbons (Fsp3) is 0.444. The zero-order valence-electron chi connectivity index (χ0n) is 13.5. The van der Waals surface area contributed by atoms with Gasteiger partial charge in [-0.15, -0.1) is 10.2 Å². The van der Waals surface area contributed by atoms with Crippen LogP contribution in [0.5, 0.6) is 5.88 Å². The van der Waals surface area contributed by atoms with Gasteiger partial charge in [-0.3, -0.25) is 4.90 Å². The number of fused-ring (bicyclic) bond motifs is 3. The van der Waals surface area contributed by atoms with Gasteiger partial charge in [0.25, 0.3) is 0 Å². The summed E-state index contributed by atoms with van der Waals surface area (Å²) in [5.74, 6) is 0.0423. The molecule has 0 spiro atoms. The van der Waals surface area contributed by atoms with Crippen molar-refractivity contribution in [3.63, 3.8) is 0 Å². The molecule has 4 nitrogen and oxygen atoms in total. The quantitative estimate of drug-likeness (QED) is 0.866. The molecule has 4 heterocycles. The Morgan fingerprint density at radius 1 is 1.08 bits per heavy atom. The van der Waals surface area contributed by atoms with Crippen molar-refractivity contribution >= 4 is 0 Å². The Bertz CT molecular complexity index is 743. The lowest BCUT2D eigenvalue weighted by molar-refractivity contribution is -0.0103. The minimum absolute atomic E-state index is 0.111. The Morgan fingerprint density at radius 2 is 1.88 bits per heavy atom. The van der Waals surface area contributed by atoms with Crippen LogP contribution in [-0.4, -0.2) is 40.8 Å². The molecule has 0 aliphatic carbocycles. The smallest absolute Gasteiger partial charge is 0.233 e. The Hall–Kier alpha value is -2.08. The van der Waals surface area contributed by atoms with Crippen molar-refractivity contribution in [3.8, 4) is 17.1 Å². The van der Waals surface area contributed by atoms with E-state index >= 15 is 0 Å². The number of ether oxygens (including phenoxy) is 1. The van der Waals surface area contributed by atoms with Gasteiger partial charge in [0, 0.05) is 18.2 Å². The molecule has 0 N–H and O–H groups in total. The molecule has 1 aromatic carbocycles. The largest absolute Gasteiger partial charge is 0.472 e. The van der Waals surface area contributed by atoms with Crippen molar-refractivity contribution in [3.05, 3.63) is 41.5 Å². The molecular formula is C18H19F2N3O. The molecule has 5 rings (SSSR count). The lowest BCUT2D eigenvalue weighted by Gasteiger charge is -2.44. The second-order valence-electron chi connectivity index (χ2n) is 6.63. The van der Waals surface area contributed by atoms with Gasteiger partial charge >= 0.3 is 0 Å². The van der Waals surface area contributed by atoms with Crippen LogP contribution in [0.2, 0.25) is 0 Å². The van der Waals surface area contributed by atoms with Gasteiger partial charge < -0.3 is 4.74 Å². The summed E-state index contributed by atoms with van der Waals surface area (Å²) >= 11 is 0. The van der Waals surface area contributed by atoms with E-state index in [0.29, 0.717) is 17.5 Å². The van der Waals surface area contributed by atoms with E-state index in [0.717, 1.165) is 38.5 Å². The Morgan fingerprint density at radius 3 is 2.50 bits per heavy atom. The first-order chi connectivity index (χ1) is 11.6. The zero-order chi connectivity index (χ0) is 16.7. The third kappa shape index (κ3) is 2.86. The van der Waals surface area contributed by atoms with Gasteiger partial charge in [0.2, 0.25) is 5.88 Å². The van der Waals surface area contributed by atoms with Crippen molar-refractivity contribution in [1.29, 1.82) is 0 Å². The van der Waals surface area contributed by atoms with Crippen molar-refractivity contribution < 1.29 is 13.5 Å². The van der Waals surface area contributed by atoms with Crippen LogP contribution in [0.4, 0.5) is 8.78 Å². The summed E-state index contributed by atoms with van der Waals surface area (Å²) in [6, 6.07) is 5.63. The summed E-state index contributed by atoms with van der Waals surface area (Å²) in [7, 11) is 0. The second kappa shape index (κ2) is 6.09. The number of nitrogens with zero attached hydrogens (tertiary/aromatic N) is 3. The molecule has 0 saturated carbocycles. The maximum atomic E-state index is 14.0. The Kier molecular flexibility index (Phi) is 3.92. The molecule has 2 bridgehead atoms. The molecule has 3 aliphatic heterocycles. The van der Waals surface area contributed by atoms with Gasteiger partial charge in [0.05, 0.1) is 5.69 Å². The van der Waals surface area contributed by atoms with E-state index in [1.54, 1.807) is 12.1 Å². The third-order valence-electron chi connectivity index (χ3n) is 5.03. The standard InChI is InChI=1S/C18H19F2N3O/c1-11-8-15(20)13(9-14(11)19)16-2-3-18(22-21-16)24-17-10-23-6-4-12(17)5-7-23/h2-3,8-9,12,17H,4-7,10H2,1H3. The maximum absolute atomic E-state index is 14.0. The highest BCUT2D eigenvalue weighted by molar-refractivity contribution is 5.60. The Labute approximate surface area is 139 Å². The summed E-state index contributed by atoms with van der Waals surface area (Å²) in [4.78, 5) is 2.40. The van der Waals surface area contributed by atoms with E-state index < -0.39 is 11.6 Å². The lowest BCUT2D eigenvalue weighted by Crippen LogP contribution is -2.52. The molecule has 6 heteroatoms. The highest BCUT2D eigenvalue weighted by Gasteiger charge is 2.35. The molecular weight excluding hydrogens is 312 g/mol. The van der Waals surface area contributed by atoms with E-state index in [2.05, 4.69) is 15.1 Å². The van der Waals surface area contributed by atoms with Crippen LogP contribution in [0.25, 0.3) is 11.3 Å². The van der Waals surface area contributed by atoms with Gasteiger partial charge in [-0.2, -0.15) is 0 Å². The molecule has 2 aromatic rings. The number of piperidine rings is 3. The maximum Gasteiger partial charge on any atom is 0.233 e. The molecule has 3 fully saturated rings. The van der Waals surface area contributed by atoms with Gasteiger partial charge in [-0.25, -0.2) is 8.78 Å². The fourth-order valence-electron chi connectivity index (χ4n) is 3.57. The van der Waals surface area contributed by atoms with Crippen molar-refractivity contribution in [2.75, 3.05) is 19.6 Å². The summed E-state index contributed by atoms with van der Waals surface area (Å²) in [6.45, 7) is 4.74. The van der Waals surface area contributed by atoms with Gasteiger partial charge in [-0.05, 0) is 62.5 Å². The van der Waals surface area contributed by atoms with Crippen molar-refractivity contribution in [1.82, 2.24) is 15.1 Å². The predicted octanol–water partition coefficient (Wildman–Crippen LogP) is 3.20. The van der Waals surface area contributed by atoms with Crippen LogP contribution in [0.3, 0.4) is 0 Å². The van der Waals surface area contributed by atoms with E-state index in [1.807, 2.05) is 0 Å². The zero-order valence-corrected chi connectivity index (χ0v) is 13.5. The predicted molar refractivity (Wildman–Crippen MR) is 85.7 cm³/mol. The van der Waals surface area contributed by atoms with Crippen molar-refractivity contribution in [2.45, 2.75) is 25.9 Å². The molecule has 24 heavy (non-hydrogen) atoms. The van der Waals surface area contributed by atoms with E-state index in [-0.39, 0.29) is 17.2 Å². The van der Waals surface area contributed by atoms with Crippen LogP contribution in [0.15, 0.2) is 24.3 Å². The molecule has 3 saturated heterocycles. The number of hydrogen-bond donors (Lipinski definition) is 0. The van der Waals surface area contributed by atoms with Crippen LogP contribution in [0, 0.1) is 24.5 Å².